The lowest BCUT2D eigenvalue weighted by Gasteiger charge is -2.28. The van der Waals surface area contributed by atoms with E-state index in [2.05, 4.69) is 9.82 Å². The van der Waals surface area contributed by atoms with E-state index in [9.17, 15) is 49.1 Å². The summed E-state index contributed by atoms with van der Waals surface area (Å²) < 4.78 is 104. The normalized spacial score (nSPS) is 16.6. The first-order valence-electron chi connectivity index (χ1n) is 13.8. The molecule has 17 heteroatoms. The smallest absolute Gasteiger partial charge is 0.327 e. The van der Waals surface area contributed by atoms with E-state index >= 15 is 0 Å². The van der Waals surface area contributed by atoms with Crippen LogP contribution in [0.1, 0.15) is 17.0 Å². The van der Waals surface area contributed by atoms with Gasteiger partial charge in [0.1, 0.15) is 0 Å². The minimum Gasteiger partial charge on any atom is -0.327 e. The topological polar surface area (TPSA) is 114 Å². The summed E-state index contributed by atoms with van der Waals surface area (Å²) in [6.45, 7) is 0. The molecule has 2 aromatic heterocycles. The van der Waals surface area contributed by atoms with Gasteiger partial charge in [0, 0.05) is 22.2 Å². The molecule has 6 rings (SSSR count). The average molecular weight is 708 g/mol. The number of alkyl halides is 6. The maximum atomic E-state index is 14.2. The predicted octanol–water partition coefficient (Wildman–Crippen LogP) is 6.93. The molecule has 0 saturated carbocycles. The Bertz CT molecular complexity index is 2180. The van der Waals surface area contributed by atoms with Crippen molar-refractivity contribution >= 4 is 65.8 Å². The number of aromatic nitrogens is 1. The summed E-state index contributed by atoms with van der Waals surface area (Å²) in [6, 6.07) is 14.3. The first-order chi connectivity index (χ1) is 22.6. The van der Waals surface area contributed by atoms with Crippen LogP contribution in [0.4, 0.5) is 36.8 Å². The Kier molecular flexibility index (Phi) is 8.15. The molecule has 2 atom stereocenters. The third kappa shape index (κ3) is 5.72. The highest BCUT2D eigenvalue weighted by atomic mass is 32.2. The molecule has 0 aliphatic carbocycles. The second-order valence-electron chi connectivity index (χ2n) is 10.5. The molecule has 0 bridgehead atoms. The molecule has 1 fully saturated rings. The van der Waals surface area contributed by atoms with Gasteiger partial charge >= 0.3 is 23.7 Å². The SMILES string of the molecule is O=C1[C@@H]([C@H](Cc2csc3ccccc23)c2ccnc3ccccc23)N(OC(=O)C(F)(F)F)C(=O)N1c1ccc(S(=O)(=O)C(F)(F)F)cc1. The van der Waals surface area contributed by atoms with Crippen LogP contribution >= 0.6 is 11.3 Å². The molecule has 248 valence electrons. The highest BCUT2D eigenvalue weighted by molar-refractivity contribution is 7.92. The summed E-state index contributed by atoms with van der Waals surface area (Å²) in [5, 5.41) is 3.03. The van der Waals surface area contributed by atoms with Crippen LogP contribution in [0.3, 0.4) is 0 Å². The van der Waals surface area contributed by atoms with Crippen LogP contribution in [0, 0.1) is 0 Å². The van der Waals surface area contributed by atoms with E-state index in [1.807, 2.05) is 6.07 Å². The van der Waals surface area contributed by atoms with Gasteiger partial charge in [-0.3, -0.25) is 9.78 Å². The van der Waals surface area contributed by atoms with E-state index in [1.54, 1.807) is 47.8 Å². The maximum Gasteiger partial charge on any atom is 0.501 e. The van der Waals surface area contributed by atoms with Crippen molar-refractivity contribution in [1.29, 1.82) is 0 Å². The molecule has 1 saturated heterocycles. The van der Waals surface area contributed by atoms with Crippen LogP contribution in [-0.2, 0) is 30.7 Å². The molecule has 48 heavy (non-hydrogen) atoms. The summed E-state index contributed by atoms with van der Waals surface area (Å²) in [5.41, 5.74) is -4.67. The molecule has 9 nitrogen and oxygen atoms in total. The van der Waals surface area contributed by atoms with E-state index in [0.29, 0.717) is 51.2 Å². The number of anilines is 1. The lowest BCUT2D eigenvalue weighted by Crippen LogP contribution is -2.44. The summed E-state index contributed by atoms with van der Waals surface area (Å²) in [7, 11) is -5.81. The molecule has 5 aromatic rings. The highest BCUT2D eigenvalue weighted by Gasteiger charge is 2.55. The first-order valence-corrected chi connectivity index (χ1v) is 16.1. The molecular formula is C31H19F6N3O6S2. The summed E-state index contributed by atoms with van der Waals surface area (Å²) in [4.78, 5) is 48.0. The number of carbonyl (C=O) groups excluding carboxylic acids is 3. The molecule has 3 heterocycles. The number of carbonyl (C=O) groups is 3. The quantitative estimate of drug-likeness (QED) is 0.133. The van der Waals surface area contributed by atoms with Gasteiger partial charge in [-0.25, -0.2) is 22.9 Å². The molecule has 0 spiro atoms. The predicted molar refractivity (Wildman–Crippen MR) is 160 cm³/mol. The summed E-state index contributed by atoms with van der Waals surface area (Å²) in [5.74, 6) is -5.17. The van der Waals surface area contributed by atoms with Crippen LogP contribution < -0.4 is 4.90 Å². The number of rotatable bonds is 7. The van der Waals surface area contributed by atoms with Gasteiger partial charge in [-0.2, -0.15) is 26.3 Å². The van der Waals surface area contributed by atoms with Crippen LogP contribution in [-0.4, -0.2) is 54.1 Å². The number of thiophene rings is 1. The maximum absolute atomic E-state index is 14.2. The van der Waals surface area contributed by atoms with Crippen LogP contribution in [0.2, 0.25) is 0 Å². The second kappa shape index (κ2) is 11.9. The number of fused-ring (bicyclic) bond motifs is 2. The molecular weight excluding hydrogens is 688 g/mol. The Balaban J connectivity index is 1.51. The number of hydrogen-bond donors (Lipinski definition) is 0. The van der Waals surface area contributed by atoms with Gasteiger partial charge < -0.3 is 4.84 Å². The number of amides is 3. The van der Waals surface area contributed by atoms with E-state index in [4.69, 9.17) is 0 Å². The van der Waals surface area contributed by atoms with Crippen molar-refractivity contribution in [2.45, 2.75) is 35.0 Å². The fourth-order valence-corrected chi connectivity index (χ4v) is 7.26. The minimum atomic E-state index is -5.81. The third-order valence-electron chi connectivity index (χ3n) is 7.69. The van der Waals surface area contributed by atoms with Crippen molar-refractivity contribution in [1.82, 2.24) is 10.0 Å². The summed E-state index contributed by atoms with van der Waals surface area (Å²) in [6.07, 6.45) is -4.24. The second-order valence-corrected chi connectivity index (χ2v) is 13.4. The minimum absolute atomic E-state index is 0.00690. The van der Waals surface area contributed by atoms with E-state index < -0.39 is 62.0 Å². The van der Waals surface area contributed by atoms with E-state index in [-0.39, 0.29) is 11.5 Å². The highest BCUT2D eigenvalue weighted by Crippen LogP contribution is 2.41. The lowest BCUT2D eigenvalue weighted by atomic mass is 9.84. The number of sulfone groups is 1. The number of para-hydroxylation sites is 1. The van der Waals surface area contributed by atoms with Crippen molar-refractivity contribution in [3.8, 4) is 0 Å². The number of halogens is 6. The van der Waals surface area contributed by atoms with Gasteiger partial charge in [-0.15, -0.1) is 16.4 Å². The first kappa shape index (κ1) is 32.9. The number of pyridine rings is 1. The average Bonchev–Trinajstić information content (AvgIpc) is 3.55. The van der Waals surface area contributed by atoms with Gasteiger partial charge in [0.25, 0.3) is 15.7 Å². The zero-order chi connectivity index (χ0) is 34.6. The van der Waals surface area contributed by atoms with Crippen LogP contribution in [0.15, 0.2) is 95.3 Å². The van der Waals surface area contributed by atoms with Crippen molar-refractivity contribution < 1.29 is 54.0 Å². The van der Waals surface area contributed by atoms with E-state index in [0.717, 1.165) is 10.1 Å². The Morgan fingerprint density at radius 3 is 2.21 bits per heavy atom. The van der Waals surface area contributed by atoms with Gasteiger partial charge in [0.15, 0.2) is 6.04 Å². The monoisotopic (exact) mass is 707 g/mol. The fourth-order valence-electron chi connectivity index (χ4n) is 5.52. The molecule has 3 aromatic carbocycles. The molecule has 1 aliphatic rings. The molecule has 3 amide bonds. The van der Waals surface area contributed by atoms with Crippen molar-refractivity contribution in [2.75, 3.05) is 4.90 Å². The van der Waals surface area contributed by atoms with Gasteiger partial charge in [0.2, 0.25) is 0 Å². The lowest BCUT2D eigenvalue weighted by molar-refractivity contribution is -0.231. The molecule has 0 unspecified atom stereocenters. The molecule has 0 N–H and O–H groups in total. The Morgan fingerprint density at radius 1 is 0.896 bits per heavy atom. The standard InChI is InChI=1S/C31H19F6N3O6S2/c32-30(33,34)28(42)46-40-26(27(41)39(29(40)43)18-9-11-19(12-10-18)48(44,45)31(35,36)37)23(15-17-16-47-25-8-4-2-5-20(17)25)21-13-14-38-24-7-3-1-6-22(21)24/h1-14,16,23,26H,15H2/t23-,26-/m1/s1. The van der Waals surface area contributed by atoms with Gasteiger partial charge in [-0.1, -0.05) is 36.4 Å². The fraction of sp³-hybridized carbons (Fsp3) is 0.161. The number of imide groups is 1. The van der Waals surface area contributed by atoms with Crippen LogP contribution in [0.5, 0.6) is 0 Å². The Morgan fingerprint density at radius 2 is 1.54 bits per heavy atom. The Hall–Kier alpha value is -5.03. The summed E-state index contributed by atoms with van der Waals surface area (Å²) >= 11 is 1.36. The zero-order valence-corrected chi connectivity index (χ0v) is 25.5. The number of hydroxylamine groups is 2. The number of urea groups is 1. The Labute approximate surface area is 270 Å². The van der Waals surface area contributed by atoms with E-state index in [1.165, 1.54) is 23.6 Å². The molecule has 0 radical (unpaired) electrons. The number of benzene rings is 3. The van der Waals surface area contributed by atoms with Crippen molar-refractivity contribution in [3.63, 3.8) is 0 Å². The molecule has 1 aliphatic heterocycles. The van der Waals surface area contributed by atoms with Crippen molar-refractivity contribution in [2.24, 2.45) is 0 Å². The van der Waals surface area contributed by atoms with Crippen LogP contribution in [0.25, 0.3) is 21.0 Å². The van der Waals surface area contributed by atoms with Crippen molar-refractivity contribution in [3.05, 3.63) is 102 Å². The largest absolute Gasteiger partial charge is 0.501 e. The number of hydrogen-bond acceptors (Lipinski definition) is 8. The van der Waals surface area contributed by atoms with Gasteiger partial charge in [0.05, 0.1) is 16.1 Å². The zero-order valence-electron chi connectivity index (χ0n) is 23.9. The van der Waals surface area contributed by atoms with Gasteiger partial charge in [-0.05, 0) is 70.8 Å². The third-order valence-corrected chi connectivity index (χ3v) is 10.2. The number of nitrogens with zero attached hydrogens (tertiary/aromatic N) is 3.